The maximum absolute atomic E-state index is 12.5. The number of amides is 4. The number of primary amides is 1. The summed E-state index contributed by atoms with van der Waals surface area (Å²) in [6, 6.07) is -4.15. The van der Waals surface area contributed by atoms with E-state index < -0.39 is 67.4 Å². The Balaban J connectivity index is 4.80. The highest BCUT2D eigenvalue weighted by molar-refractivity contribution is 5.94. The Hall–Kier alpha value is -2.73. The minimum Gasteiger partial charge on any atom is -0.481 e. The highest BCUT2D eigenvalue weighted by atomic mass is 16.4. The summed E-state index contributed by atoms with van der Waals surface area (Å²) in [6.07, 6.45) is 6.49. The molecule has 3 atom stereocenters. The summed E-state index contributed by atoms with van der Waals surface area (Å²) >= 11 is 0. The van der Waals surface area contributed by atoms with E-state index in [-0.39, 0.29) is 12.8 Å². The predicted octanol–water partition coefficient (Wildman–Crippen LogP) is -1.08. The second-order valence-electron chi connectivity index (χ2n) is 7.81. The zero-order valence-corrected chi connectivity index (χ0v) is 19.2. The number of aliphatic carboxylic acids is 1. The SMILES string of the molecule is CCCCCCCCCC(=O)N[C@@H](CO)C(=O)N[C@@H](CCC(=O)O)C(=O)N[C@@H](CO)C(N)=O. The van der Waals surface area contributed by atoms with Crippen molar-refractivity contribution in [2.45, 2.75) is 89.3 Å². The highest BCUT2D eigenvalue weighted by Gasteiger charge is 2.29. The van der Waals surface area contributed by atoms with E-state index in [9.17, 15) is 29.1 Å². The van der Waals surface area contributed by atoms with E-state index in [4.69, 9.17) is 15.9 Å². The van der Waals surface area contributed by atoms with E-state index in [1.54, 1.807) is 0 Å². The van der Waals surface area contributed by atoms with Crippen molar-refractivity contribution in [2.24, 2.45) is 5.73 Å². The second-order valence-corrected chi connectivity index (χ2v) is 7.81. The number of unbranched alkanes of at least 4 members (excludes halogenated alkanes) is 6. The largest absolute Gasteiger partial charge is 0.481 e. The third kappa shape index (κ3) is 14.1. The Morgan fingerprint density at radius 2 is 1.24 bits per heavy atom. The van der Waals surface area contributed by atoms with Crippen LogP contribution in [0.5, 0.6) is 0 Å². The normalized spacial score (nSPS) is 13.4. The number of nitrogens with two attached hydrogens (primary N) is 1. The number of rotatable bonds is 19. The Bertz CT molecular complexity index is 644. The summed E-state index contributed by atoms with van der Waals surface area (Å²) in [5, 5.41) is 34.3. The molecule has 0 aliphatic heterocycles. The lowest BCUT2D eigenvalue weighted by Gasteiger charge is -2.23. The van der Waals surface area contributed by atoms with E-state index >= 15 is 0 Å². The molecule has 0 rings (SSSR count). The molecule has 0 aliphatic rings. The summed E-state index contributed by atoms with van der Waals surface area (Å²) < 4.78 is 0. The lowest BCUT2D eigenvalue weighted by molar-refractivity contribution is -0.138. The monoisotopic (exact) mass is 474 g/mol. The summed E-state index contributed by atoms with van der Waals surface area (Å²) in [6.45, 7) is 0.614. The number of hydrogen-bond donors (Lipinski definition) is 7. The van der Waals surface area contributed by atoms with Crippen LogP contribution in [0.15, 0.2) is 0 Å². The molecule has 0 aromatic rings. The third-order valence-corrected chi connectivity index (χ3v) is 4.96. The second kappa shape index (κ2) is 17.8. The van der Waals surface area contributed by atoms with Crippen LogP contribution in [0.4, 0.5) is 0 Å². The number of carbonyl (C=O) groups is 5. The fourth-order valence-corrected chi connectivity index (χ4v) is 2.99. The van der Waals surface area contributed by atoms with Gasteiger partial charge in [-0.3, -0.25) is 24.0 Å². The molecule has 0 aromatic heterocycles. The maximum Gasteiger partial charge on any atom is 0.303 e. The third-order valence-electron chi connectivity index (χ3n) is 4.96. The van der Waals surface area contributed by atoms with Crippen molar-refractivity contribution in [3.05, 3.63) is 0 Å². The zero-order chi connectivity index (χ0) is 25.2. The molecule has 0 aliphatic carbocycles. The maximum atomic E-state index is 12.5. The quantitative estimate of drug-likeness (QED) is 0.114. The van der Waals surface area contributed by atoms with Gasteiger partial charge in [-0.1, -0.05) is 45.4 Å². The van der Waals surface area contributed by atoms with Crippen molar-refractivity contribution in [3.8, 4) is 0 Å². The topological polar surface area (TPSA) is 208 Å². The lowest BCUT2D eigenvalue weighted by Crippen LogP contribution is -2.57. The van der Waals surface area contributed by atoms with Crippen LogP contribution in [0.3, 0.4) is 0 Å². The Labute approximate surface area is 193 Å². The van der Waals surface area contributed by atoms with Crippen molar-refractivity contribution < 1.29 is 39.3 Å². The number of carboxylic acids is 1. The Kier molecular flexibility index (Phi) is 16.3. The molecule has 4 amide bonds. The van der Waals surface area contributed by atoms with Crippen LogP contribution in [0.2, 0.25) is 0 Å². The van der Waals surface area contributed by atoms with Gasteiger partial charge in [0.25, 0.3) is 0 Å². The van der Waals surface area contributed by atoms with Crippen LogP contribution in [-0.2, 0) is 24.0 Å². The van der Waals surface area contributed by atoms with Gasteiger partial charge in [0, 0.05) is 12.8 Å². The van der Waals surface area contributed by atoms with Crippen LogP contribution in [0, 0.1) is 0 Å². The summed E-state index contributed by atoms with van der Waals surface area (Å²) in [5.74, 6) is -4.50. The molecule has 0 aromatic carbocycles. The van der Waals surface area contributed by atoms with E-state index in [1.807, 2.05) is 0 Å². The number of nitrogens with one attached hydrogen (secondary N) is 3. The molecule has 190 valence electrons. The van der Waals surface area contributed by atoms with Crippen LogP contribution in [-0.4, -0.2) is 76.3 Å². The minimum atomic E-state index is -1.42. The van der Waals surface area contributed by atoms with E-state index in [2.05, 4.69) is 22.9 Å². The zero-order valence-electron chi connectivity index (χ0n) is 19.2. The van der Waals surface area contributed by atoms with Crippen molar-refractivity contribution in [2.75, 3.05) is 13.2 Å². The molecule has 0 heterocycles. The summed E-state index contributed by atoms with van der Waals surface area (Å²) in [7, 11) is 0. The molecular weight excluding hydrogens is 436 g/mol. The molecule has 0 fully saturated rings. The first-order valence-corrected chi connectivity index (χ1v) is 11.3. The molecule has 12 heteroatoms. The fourth-order valence-electron chi connectivity index (χ4n) is 2.99. The average molecular weight is 475 g/mol. The van der Waals surface area contributed by atoms with Gasteiger partial charge in [-0.15, -0.1) is 0 Å². The molecule has 0 radical (unpaired) electrons. The highest BCUT2D eigenvalue weighted by Crippen LogP contribution is 2.08. The van der Waals surface area contributed by atoms with Gasteiger partial charge in [0.15, 0.2) is 0 Å². The van der Waals surface area contributed by atoms with E-state index in [0.717, 1.165) is 32.1 Å². The molecule has 8 N–H and O–H groups in total. The standard InChI is InChI=1S/C21H38N4O8/c1-2-3-4-5-6-7-8-9-17(28)23-16(13-27)21(33)24-14(10-11-18(29)30)20(32)25-15(12-26)19(22)31/h14-16,26-27H,2-13H2,1H3,(H2,22,31)(H,23,28)(H,24,33)(H,25,32)(H,29,30)/t14-,15-,16-/m0/s1. The Morgan fingerprint density at radius 3 is 1.76 bits per heavy atom. The van der Waals surface area contributed by atoms with Gasteiger partial charge in [-0.25, -0.2) is 0 Å². The molecule has 0 bridgehead atoms. The first kappa shape index (κ1) is 30.3. The van der Waals surface area contributed by atoms with Crippen LogP contribution in [0.25, 0.3) is 0 Å². The number of aliphatic hydroxyl groups is 2. The van der Waals surface area contributed by atoms with E-state index in [0.29, 0.717) is 6.42 Å². The number of hydrogen-bond acceptors (Lipinski definition) is 7. The lowest BCUT2D eigenvalue weighted by atomic mass is 10.1. The van der Waals surface area contributed by atoms with Crippen molar-refractivity contribution in [1.29, 1.82) is 0 Å². The van der Waals surface area contributed by atoms with Gasteiger partial charge in [-0.2, -0.15) is 0 Å². The number of aliphatic hydroxyl groups excluding tert-OH is 2. The van der Waals surface area contributed by atoms with Crippen molar-refractivity contribution in [3.63, 3.8) is 0 Å². The fraction of sp³-hybridized carbons (Fsp3) is 0.762. The molecule has 0 saturated carbocycles. The molecule has 0 spiro atoms. The Morgan fingerprint density at radius 1 is 0.727 bits per heavy atom. The van der Waals surface area contributed by atoms with Crippen LogP contribution >= 0.6 is 0 Å². The van der Waals surface area contributed by atoms with Gasteiger partial charge in [0.2, 0.25) is 23.6 Å². The number of carbonyl (C=O) groups excluding carboxylic acids is 4. The smallest absolute Gasteiger partial charge is 0.303 e. The first-order valence-electron chi connectivity index (χ1n) is 11.3. The van der Waals surface area contributed by atoms with Crippen molar-refractivity contribution >= 4 is 29.6 Å². The molecule has 33 heavy (non-hydrogen) atoms. The first-order chi connectivity index (χ1) is 15.7. The van der Waals surface area contributed by atoms with Crippen LogP contribution in [0.1, 0.15) is 71.1 Å². The number of carboxylic acid groups (broad SMARTS) is 1. The van der Waals surface area contributed by atoms with Gasteiger partial charge < -0.3 is 37.0 Å². The molecule has 0 unspecified atom stereocenters. The molecule has 12 nitrogen and oxygen atoms in total. The van der Waals surface area contributed by atoms with Gasteiger partial charge in [0.1, 0.15) is 18.1 Å². The minimum absolute atomic E-state index is 0.178. The van der Waals surface area contributed by atoms with Gasteiger partial charge in [0.05, 0.1) is 13.2 Å². The summed E-state index contributed by atoms with van der Waals surface area (Å²) in [4.78, 5) is 59.1. The van der Waals surface area contributed by atoms with Crippen molar-refractivity contribution in [1.82, 2.24) is 16.0 Å². The molecule has 0 saturated heterocycles. The summed E-state index contributed by atoms with van der Waals surface area (Å²) in [5.41, 5.74) is 5.05. The van der Waals surface area contributed by atoms with Gasteiger partial charge >= 0.3 is 5.97 Å². The van der Waals surface area contributed by atoms with E-state index in [1.165, 1.54) is 6.42 Å². The molecular formula is C21H38N4O8. The predicted molar refractivity (Wildman–Crippen MR) is 119 cm³/mol. The average Bonchev–Trinajstić information content (AvgIpc) is 2.77. The van der Waals surface area contributed by atoms with Crippen LogP contribution < -0.4 is 21.7 Å². The van der Waals surface area contributed by atoms with Gasteiger partial charge in [-0.05, 0) is 12.8 Å².